The van der Waals surface area contributed by atoms with E-state index in [2.05, 4.69) is 9.97 Å². The van der Waals surface area contributed by atoms with E-state index in [9.17, 15) is 4.79 Å². The predicted molar refractivity (Wildman–Crippen MR) is 75.4 cm³/mol. The Balaban J connectivity index is 2.40. The number of aryl methyl sites for hydroxylation is 1. The van der Waals surface area contributed by atoms with Crippen LogP contribution >= 0.6 is 0 Å². The molecule has 0 aliphatic rings. The van der Waals surface area contributed by atoms with E-state index in [1.165, 1.54) is 0 Å². The molecule has 2 heterocycles. The lowest BCUT2D eigenvalue weighted by molar-refractivity contribution is 0.0521. The Morgan fingerprint density at radius 1 is 1.50 bits per heavy atom. The average molecular weight is 274 g/mol. The van der Waals surface area contributed by atoms with Crippen LogP contribution in [0, 0.1) is 6.92 Å². The molecule has 2 aromatic heterocycles. The molecule has 1 unspecified atom stereocenters. The molecule has 0 saturated carbocycles. The fourth-order valence-corrected chi connectivity index (χ4v) is 2.16. The van der Waals surface area contributed by atoms with Gasteiger partial charge in [0.2, 0.25) is 0 Å². The molecule has 0 aliphatic heterocycles. The maximum atomic E-state index is 11.8. The maximum absolute atomic E-state index is 11.8. The van der Waals surface area contributed by atoms with E-state index in [1.807, 2.05) is 25.1 Å². The minimum atomic E-state index is -0.500. The topological polar surface area (TPSA) is 83.0 Å². The molecule has 6 heteroatoms. The summed E-state index contributed by atoms with van der Waals surface area (Å²) in [5.41, 5.74) is 7.06. The molecule has 0 fully saturated rings. The monoisotopic (exact) mass is 274 g/mol. The number of rotatable bonds is 4. The van der Waals surface area contributed by atoms with Crippen LogP contribution in [-0.2, 0) is 4.74 Å². The summed E-state index contributed by atoms with van der Waals surface area (Å²) >= 11 is 0. The zero-order valence-electron chi connectivity index (χ0n) is 11.8. The number of imidazole rings is 1. The normalized spacial score (nSPS) is 12.2. The number of esters is 1. The molecule has 2 aromatic rings. The van der Waals surface area contributed by atoms with Crippen LogP contribution in [0.4, 0.5) is 5.82 Å². The maximum Gasteiger partial charge on any atom is 0.360 e. The van der Waals surface area contributed by atoms with Crippen LogP contribution in [0.2, 0.25) is 0 Å². The molecule has 6 nitrogen and oxygen atoms in total. The first-order valence-electron chi connectivity index (χ1n) is 6.48. The molecule has 0 aliphatic carbocycles. The van der Waals surface area contributed by atoms with Crippen LogP contribution in [0.25, 0.3) is 0 Å². The SMILES string of the molecule is CCOC(=O)c1nc(C)n(C(C)c2ccccn2)c1N. The predicted octanol–water partition coefficient (Wildman–Crippen LogP) is 1.95. The molecule has 2 rings (SSSR count). The molecule has 0 amide bonds. The van der Waals surface area contributed by atoms with Crippen molar-refractivity contribution in [3.63, 3.8) is 0 Å². The molecule has 0 aromatic carbocycles. The standard InChI is InChI=1S/C14H18N4O2/c1-4-20-14(19)12-13(15)18(10(3)17-12)9(2)11-7-5-6-8-16-11/h5-9H,4,15H2,1-3H3. The van der Waals surface area contributed by atoms with Crippen molar-refractivity contribution < 1.29 is 9.53 Å². The van der Waals surface area contributed by atoms with Crippen molar-refractivity contribution in [2.24, 2.45) is 0 Å². The van der Waals surface area contributed by atoms with Gasteiger partial charge in [0.05, 0.1) is 18.3 Å². The van der Waals surface area contributed by atoms with Crippen molar-refractivity contribution in [2.45, 2.75) is 26.8 Å². The highest BCUT2D eigenvalue weighted by Gasteiger charge is 2.23. The van der Waals surface area contributed by atoms with E-state index in [0.29, 0.717) is 18.2 Å². The van der Waals surface area contributed by atoms with E-state index in [0.717, 1.165) is 5.69 Å². The quantitative estimate of drug-likeness (QED) is 0.862. The number of pyridine rings is 1. The molecule has 0 saturated heterocycles. The fraction of sp³-hybridized carbons (Fsp3) is 0.357. The average Bonchev–Trinajstić information content (AvgIpc) is 2.75. The summed E-state index contributed by atoms with van der Waals surface area (Å²) in [6.07, 6.45) is 1.72. The van der Waals surface area contributed by atoms with E-state index in [-0.39, 0.29) is 11.7 Å². The second kappa shape index (κ2) is 5.73. The van der Waals surface area contributed by atoms with Gasteiger partial charge in [-0.25, -0.2) is 9.78 Å². The Morgan fingerprint density at radius 3 is 2.85 bits per heavy atom. The Labute approximate surface area is 117 Å². The van der Waals surface area contributed by atoms with E-state index >= 15 is 0 Å². The summed E-state index contributed by atoms with van der Waals surface area (Å²) in [4.78, 5) is 20.3. The van der Waals surface area contributed by atoms with Crippen molar-refractivity contribution in [1.29, 1.82) is 0 Å². The fourth-order valence-electron chi connectivity index (χ4n) is 2.16. The molecule has 20 heavy (non-hydrogen) atoms. The van der Waals surface area contributed by atoms with Crippen molar-refractivity contribution in [1.82, 2.24) is 14.5 Å². The summed E-state index contributed by atoms with van der Waals surface area (Å²) < 4.78 is 6.74. The lowest BCUT2D eigenvalue weighted by atomic mass is 10.2. The molecule has 1 atom stereocenters. The zero-order chi connectivity index (χ0) is 14.7. The minimum absolute atomic E-state index is 0.105. The Kier molecular flexibility index (Phi) is 4.02. The third-order valence-electron chi connectivity index (χ3n) is 3.10. The van der Waals surface area contributed by atoms with Gasteiger partial charge in [-0.1, -0.05) is 6.07 Å². The number of ether oxygens (including phenoxy) is 1. The summed E-state index contributed by atoms with van der Waals surface area (Å²) in [6.45, 7) is 5.80. The van der Waals surface area contributed by atoms with Gasteiger partial charge < -0.3 is 15.0 Å². The number of carbonyl (C=O) groups is 1. The van der Waals surface area contributed by atoms with Crippen LogP contribution in [0.15, 0.2) is 24.4 Å². The lowest BCUT2D eigenvalue weighted by Crippen LogP contribution is -2.14. The zero-order valence-corrected chi connectivity index (χ0v) is 11.8. The summed E-state index contributed by atoms with van der Waals surface area (Å²) in [5.74, 6) is 0.461. The molecule has 0 radical (unpaired) electrons. The number of hydrogen-bond acceptors (Lipinski definition) is 5. The first-order chi connectivity index (χ1) is 9.56. The third-order valence-corrected chi connectivity index (χ3v) is 3.10. The molecular weight excluding hydrogens is 256 g/mol. The summed E-state index contributed by atoms with van der Waals surface area (Å²) in [7, 11) is 0. The van der Waals surface area contributed by atoms with E-state index in [4.69, 9.17) is 10.5 Å². The van der Waals surface area contributed by atoms with Gasteiger partial charge in [-0.3, -0.25) is 4.98 Å². The van der Waals surface area contributed by atoms with Gasteiger partial charge in [-0.05, 0) is 32.9 Å². The van der Waals surface area contributed by atoms with Crippen LogP contribution in [0.3, 0.4) is 0 Å². The highest BCUT2D eigenvalue weighted by atomic mass is 16.5. The van der Waals surface area contributed by atoms with Gasteiger partial charge in [0.25, 0.3) is 0 Å². The number of nitrogens with two attached hydrogens (primary N) is 1. The first-order valence-corrected chi connectivity index (χ1v) is 6.48. The van der Waals surface area contributed by atoms with Gasteiger partial charge in [0, 0.05) is 6.20 Å². The Morgan fingerprint density at radius 2 is 2.25 bits per heavy atom. The number of nitrogens with zero attached hydrogens (tertiary/aromatic N) is 3. The molecule has 106 valence electrons. The van der Waals surface area contributed by atoms with Crippen LogP contribution in [0.1, 0.15) is 41.9 Å². The second-order valence-corrected chi connectivity index (χ2v) is 4.41. The van der Waals surface area contributed by atoms with Gasteiger partial charge in [-0.15, -0.1) is 0 Å². The van der Waals surface area contributed by atoms with Crippen LogP contribution < -0.4 is 5.73 Å². The lowest BCUT2D eigenvalue weighted by Gasteiger charge is -2.16. The molecule has 2 N–H and O–H groups in total. The summed E-state index contributed by atoms with van der Waals surface area (Å²) in [5, 5.41) is 0. The van der Waals surface area contributed by atoms with Crippen molar-refractivity contribution in [3.05, 3.63) is 41.6 Å². The number of carbonyl (C=O) groups excluding carboxylic acids is 1. The number of aromatic nitrogens is 3. The molecule has 0 spiro atoms. The van der Waals surface area contributed by atoms with Crippen LogP contribution in [-0.4, -0.2) is 27.1 Å². The number of anilines is 1. The molecular formula is C14H18N4O2. The van der Waals surface area contributed by atoms with Crippen LogP contribution in [0.5, 0.6) is 0 Å². The van der Waals surface area contributed by atoms with Gasteiger partial charge >= 0.3 is 5.97 Å². The number of hydrogen-bond donors (Lipinski definition) is 1. The molecule has 0 bridgehead atoms. The highest BCUT2D eigenvalue weighted by molar-refractivity contribution is 5.92. The Bertz CT molecular complexity index is 607. The minimum Gasteiger partial charge on any atom is -0.461 e. The smallest absolute Gasteiger partial charge is 0.360 e. The van der Waals surface area contributed by atoms with Crippen molar-refractivity contribution >= 4 is 11.8 Å². The van der Waals surface area contributed by atoms with Gasteiger partial charge in [0.15, 0.2) is 5.69 Å². The second-order valence-electron chi connectivity index (χ2n) is 4.41. The number of nitrogen functional groups attached to an aromatic ring is 1. The largest absolute Gasteiger partial charge is 0.461 e. The van der Waals surface area contributed by atoms with Crippen molar-refractivity contribution in [2.75, 3.05) is 12.3 Å². The van der Waals surface area contributed by atoms with E-state index in [1.54, 1.807) is 24.6 Å². The summed E-state index contributed by atoms with van der Waals surface area (Å²) in [6, 6.07) is 5.57. The van der Waals surface area contributed by atoms with Crippen molar-refractivity contribution in [3.8, 4) is 0 Å². The highest BCUT2D eigenvalue weighted by Crippen LogP contribution is 2.24. The third kappa shape index (κ3) is 2.49. The van der Waals surface area contributed by atoms with E-state index < -0.39 is 5.97 Å². The first kappa shape index (κ1) is 14.0. The van der Waals surface area contributed by atoms with Gasteiger partial charge in [0.1, 0.15) is 11.6 Å². The Hall–Kier alpha value is -2.37. The van der Waals surface area contributed by atoms with Gasteiger partial charge in [-0.2, -0.15) is 0 Å².